The van der Waals surface area contributed by atoms with Crippen molar-refractivity contribution in [3.63, 3.8) is 0 Å². The van der Waals surface area contributed by atoms with Gasteiger partial charge in [0.15, 0.2) is 0 Å². The van der Waals surface area contributed by atoms with Gasteiger partial charge in [-0.3, -0.25) is 0 Å². The lowest BCUT2D eigenvalue weighted by Gasteiger charge is -2.32. The summed E-state index contributed by atoms with van der Waals surface area (Å²) < 4.78 is 5.11. The molecule has 2 unspecified atom stereocenters. The fraction of sp³-hybridized carbons (Fsp3) is 0.571. The van der Waals surface area contributed by atoms with Gasteiger partial charge in [0.25, 0.3) is 0 Å². The maximum absolute atomic E-state index is 6.42. The molecule has 2 N–H and O–H groups in total. The molecule has 1 aromatic rings. The van der Waals surface area contributed by atoms with E-state index in [2.05, 4.69) is 45.0 Å². The predicted molar refractivity (Wildman–Crippen MR) is 68.4 cm³/mol. The average Bonchev–Trinajstić information content (AvgIpc) is 2.26. The molecule has 0 saturated carbocycles. The zero-order chi connectivity index (χ0) is 12.2. The molecule has 1 aromatic carbocycles. The molecule has 2 atom stereocenters. The summed E-state index contributed by atoms with van der Waals surface area (Å²) in [5, 5.41) is 0. The summed E-state index contributed by atoms with van der Waals surface area (Å²) in [6.45, 7) is 7.13. The number of aryl methyl sites for hydroxylation is 1. The largest absolute Gasteiger partial charge is 0.385 e. The lowest BCUT2D eigenvalue weighted by Crippen LogP contribution is -2.40. The fourth-order valence-corrected chi connectivity index (χ4v) is 1.79. The third-order valence-electron chi connectivity index (χ3n) is 3.45. The van der Waals surface area contributed by atoms with Crippen LogP contribution in [0.1, 0.15) is 31.4 Å². The van der Waals surface area contributed by atoms with Crippen molar-refractivity contribution >= 4 is 0 Å². The van der Waals surface area contributed by atoms with Crippen molar-refractivity contribution in [3.8, 4) is 0 Å². The van der Waals surface area contributed by atoms with Gasteiger partial charge in [0.05, 0.1) is 0 Å². The zero-order valence-corrected chi connectivity index (χ0v) is 10.8. The maximum Gasteiger partial charge on any atom is 0.0465 e. The summed E-state index contributed by atoms with van der Waals surface area (Å²) in [6.07, 6.45) is 0.984. The van der Waals surface area contributed by atoms with Gasteiger partial charge in [-0.25, -0.2) is 0 Å². The van der Waals surface area contributed by atoms with Crippen LogP contribution in [-0.2, 0) is 10.3 Å². The number of rotatable bonds is 5. The van der Waals surface area contributed by atoms with Crippen LogP contribution in [0.2, 0.25) is 0 Å². The fourth-order valence-electron chi connectivity index (χ4n) is 1.79. The lowest BCUT2D eigenvalue weighted by molar-refractivity contribution is 0.159. The Bertz CT molecular complexity index is 316. The predicted octanol–water partition coefficient (Wildman–Crippen LogP) is 2.84. The van der Waals surface area contributed by atoms with Crippen molar-refractivity contribution in [2.45, 2.75) is 32.7 Å². The molecule has 1 rings (SSSR count). The Morgan fingerprint density at radius 1 is 1.31 bits per heavy atom. The number of nitrogens with two attached hydrogens (primary N) is 1. The second-order valence-corrected chi connectivity index (χ2v) is 4.83. The molecule has 0 aliphatic carbocycles. The quantitative estimate of drug-likeness (QED) is 0.829. The number of methoxy groups -OCH3 is 1. The molecule has 16 heavy (non-hydrogen) atoms. The highest BCUT2D eigenvalue weighted by Crippen LogP contribution is 2.28. The zero-order valence-electron chi connectivity index (χ0n) is 10.8. The first-order chi connectivity index (χ1) is 7.48. The molecular formula is C14H23NO. The molecule has 0 aromatic heterocycles. The van der Waals surface area contributed by atoms with Crippen LogP contribution < -0.4 is 5.73 Å². The highest BCUT2D eigenvalue weighted by Gasteiger charge is 2.27. The van der Waals surface area contributed by atoms with Crippen molar-refractivity contribution in [3.05, 3.63) is 35.4 Å². The summed E-state index contributed by atoms with van der Waals surface area (Å²) in [7, 11) is 1.73. The normalized spacial score (nSPS) is 16.8. The smallest absolute Gasteiger partial charge is 0.0465 e. The highest BCUT2D eigenvalue weighted by molar-refractivity contribution is 5.27. The van der Waals surface area contributed by atoms with Gasteiger partial charge >= 0.3 is 0 Å². The third-order valence-corrected chi connectivity index (χ3v) is 3.45. The highest BCUT2D eigenvalue weighted by atomic mass is 16.5. The van der Waals surface area contributed by atoms with Gasteiger partial charge in [-0.15, -0.1) is 0 Å². The van der Waals surface area contributed by atoms with Gasteiger partial charge in [-0.05, 0) is 31.7 Å². The second kappa shape index (κ2) is 5.46. The van der Waals surface area contributed by atoms with Crippen molar-refractivity contribution in [2.75, 3.05) is 13.7 Å². The molecule has 0 fully saturated rings. The monoisotopic (exact) mass is 221 g/mol. The molecule has 2 nitrogen and oxygen atoms in total. The summed E-state index contributed by atoms with van der Waals surface area (Å²) in [5.41, 5.74) is 8.60. The van der Waals surface area contributed by atoms with Gasteiger partial charge in [0.2, 0.25) is 0 Å². The Labute approximate surface area is 98.8 Å². The molecule has 0 saturated heterocycles. The first-order valence-corrected chi connectivity index (χ1v) is 5.83. The number of ether oxygens (including phenoxy) is 1. The Kier molecular flexibility index (Phi) is 4.51. The molecular weight excluding hydrogens is 198 g/mol. The van der Waals surface area contributed by atoms with E-state index < -0.39 is 0 Å². The van der Waals surface area contributed by atoms with Gasteiger partial charge < -0.3 is 10.5 Å². The Morgan fingerprint density at radius 2 is 1.88 bits per heavy atom. The standard InChI is InChI=1S/C14H23NO/c1-11-5-7-13(8-6-11)14(3,15)12(2)9-10-16-4/h5-8,12H,9-10,15H2,1-4H3. The Hall–Kier alpha value is -0.860. The van der Waals surface area contributed by atoms with Crippen LogP contribution in [-0.4, -0.2) is 13.7 Å². The van der Waals surface area contributed by atoms with Crippen molar-refractivity contribution < 1.29 is 4.74 Å². The molecule has 0 bridgehead atoms. The first-order valence-electron chi connectivity index (χ1n) is 5.83. The van der Waals surface area contributed by atoms with Gasteiger partial charge in [0.1, 0.15) is 0 Å². The average molecular weight is 221 g/mol. The van der Waals surface area contributed by atoms with Crippen LogP contribution in [0.15, 0.2) is 24.3 Å². The number of benzene rings is 1. The van der Waals surface area contributed by atoms with E-state index >= 15 is 0 Å². The van der Waals surface area contributed by atoms with Gasteiger partial charge in [-0.2, -0.15) is 0 Å². The molecule has 0 amide bonds. The summed E-state index contributed by atoms with van der Waals surface area (Å²) >= 11 is 0. The first kappa shape index (κ1) is 13.2. The molecule has 0 radical (unpaired) electrons. The number of hydrogen-bond donors (Lipinski definition) is 1. The van der Waals surface area contributed by atoms with E-state index in [9.17, 15) is 0 Å². The Balaban J connectivity index is 2.79. The van der Waals surface area contributed by atoms with E-state index in [4.69, 9.17) is 10.5 Å². The summed E-state index contributed by atoms with van der Waals surface area (Å²) in [5.74, 6) is 0.398. The molecule has 0 aliphatic heterocycles. The van der Waals surface area contributed by atoms with Crippen molar-refractivity contribution in [1.82, 2.24) is 0 Å². The van der Waals surface area contributed by atoms with E-state index in [-0.39, 0.29) is 5.54 Å². The van der Waals surface area contributed by atoms with E-state index in [0.29, 0.717) is 5.92 Å². The molecule has 2 heteroatoms. The van der Waals surface area contributed by atoms with Gasteiger partial charge in [0, 0.05) is 19.3 Å². The van der Waals surface area contributed by atoms with Crippen molar-refractivity contribution in [2.24, 2.45) is 11.7 Å². The third kappa shape index (κ3) is 3.06. The minimum absolute atomic E-state index is 0.285. The van der Waals surface area contributed by atoms with Crippen LogP contribution in [0.5, 0.6) is 0 Å². The van der Waals surface area contributed by atoms with Crippen molar-refractivity contribution in [1.29, 1.82) is 0 Å². The van der Waals surface area contributed by atoms with Crippen LogP contribution in [0, 0.1) is 12.8 Å². The minimum Gasteiger partial charge on any atom is -0.385 e. The molecule has 0 aliphatic rings. The maximum atomic E-state index is 6.42. The number of hydrogen-bond acceptors (Lipinski definition) is 2. The molecule has 0 spiro atoms. The van der Waals surface area contributed by atoms with E-state index in [0.717, 1.165) is 13.0 Å². The molecule has 0 heterocycles. The molecule has 90 valence electrons. The van der Waals surface area contributed by atoms with Gasteiger partial charge in [-0.1, -0.05) is 36.8 Å². The van der Waals surface area contributed by atoms with Crippen LogP contribution in [0.4, 0.5) is 0 Å². The van der Waals surface area contributed by atoms with E-state index in [1.54, 1.807) is 7.11 Å². The minimum atomic E-state index is -0.285. The topological polar surface area (TPSA) is 35.2 Å². The summed E-state index contributed by atoms with van der Waals surface area (Å²) in [6, 6.07) is 8.48. The lowest BCUT2D eigenvalue weighted by atomic mass is 9.80. The van der Waals surface area contributed by atoms with Crippen LogP contribution >= 0.6 is 0 Å². The second-order valence-electron chi connectivity index (χ2n) is 4.83. The van der Waals surface area contributed by atoms with E-state index in [1.165, 1.54) is 11.1 Å². The van der Waals surface area contributed by atoms with Crippen LogP contribution in [0.3, 0.4) is 0 Å². The van der Waals surface area contributed by atoms with Crippen LogP contribution in [0.25, 0.3) is 0 Å². The van der Waals surface area contributed by atoms with E-state index in [1.807, 2.05) is 0 Å². The Morgan fingerprint density at radius 3 is 2.38 bits per heavy atom. The SMILES string of the molecule is COCCC(C)C(C)(N)c1ccc(C)cc1. The summed E-state index contributed by atoms with van der Waals surface area (Å²) in [4.78, 5) is 0.